The maximum atomic E-state index is 13.1. The number of ketones is 2. The van der Waals surface area contributed by atoms with Crippen molar-refractivity contribution in [3.05, 3.63) is 287 Å². The van der Waals surface area contributed by atoms with Gasteiger partial charge >= 0.3 is 29.6 Å². The molecule has 49 heteroatoms. The van der Waals surface area contributed by atoms with Crippen LogP contribution in [0.15, 0.2) is 278 Å². The first-order chi connectivity index (χ1) is 66.1. The zero-order valence-electron chi connectivity index (χ0n) is 74.5. The number of pyridine rings is 1. The van der Waals surface area contributed by atoms with Gasteiger partial charge in [0, 0.05) is 110 Å². The molecule has 15 rings (SSSR count). The minimum atomic E-state index is -4.08. The summed E-state index contributed by atoms with van der Waals surface area (Å²) in [6, 6.07) is 51.4. The third-order valence-electron chi connectivity index (χ3n) is 17.8. The molecule has 0 unspecified atom stereocenters. The van der Waals surface area contributed by atoms with Crippen LogP contribution in [0.2, 0.25) is 5.02 Å². The molecule has 0 aliphatic carbocycles. The number of halogens is 2. The second kappa shape index (κ2) is 54.5. The number of nitro benzene ring substituents is 1. The Hall–Kier alpha value is -14.2. The fraction of sp³-hybridized carbons (Fsp3) is 0.225. The SMILES string of the molecule is CCOC(=O)C(=CNc1ccc(S(=O)(=O)c2ccc(NC=C(C(=O)OCC)C(=O)OCC)cc2)cc1)C(=O)OCC.CN(C)/C=C(/C(=O)c1cccs1)c1nnnn1-c1ccccc1.COc1ccc([N+](=O)[O-])c(S(=O)(=O)c2ccccc2)n1.Cl.Clc1ccc(-c2noc(CSC3=NCCN3)n2)cc1.O=C(CC1=NCCS1)c1cccs1.O=[N+]([O-])c1cccc(-c2noc(CSC3=NCCN3)n2)c1. The number of aliphatic imine (C=N–C) groups is 3. The number of methoxy groups -OCH3 is 1. The number of hydrogen-bond donors (Lipinski definition) is 4. The van der Waals surface area contributed by atoms with Crippen LogP contribution in [0.3, 0.4) is 0 Å². The zero-order valence-corrected chi connectivity index (χ0v) is 81.8. The van der Waals surface area contributed by atoms with E-state index in [9.17, 15) is 65.8 Å². The number of Topliss-reactive ketones (excluding diaryl/α,β-unsaturated/α-hetero) is 2. The van der Waals surface area contributed by atoms with Gasteiger partial charge < -0.3 is 58.9 Å². The summed E-state index contributed by atoms with van der Waals surface area (Å²) in [6.07, 6.45) is 4.50. The van der Waals surface area contributed by atoms with Crippen molar-refractivity contribution >= 4 is 181 Å². The lowest BCUT2D eigenvalue weighted by Crippen LogP contribution is -2.19. The predicted octanol–water partition coefficient (Wildman–Crippen LogP) is 15.0. The molecular weight excluding hydrogens is 1970 g/mol. The number of tetrazole rings is 1. The molecule has 0 radical (unpaired) electrons. The van der Waals surface area contributed by atoms with Crippen LogP contribution in [0.25, 0.3) is 34.0 Å². The van der Waals surface area contributed by atoms with E-state index < -0.39 is 64.1 Å². The van der Waals surface area contributed by atoms with Crippen molar-refractivity contribution in [2.75, 3.05) is 96.7 Å². The van der Waals surface area contributed by atoms with E-state index in [1.807, 2.05) is 90.4 Å². The van der Waals surface area contributed by atoms with Gasteiger partial charge in [-0.1, -0.05) is 106 Å². The number of thioether (sulfide) groups is 3. The Morgan fingerprint density at radius 2 is 1.09 bits per heavy atom. The number of hydrogen-bond acceptors (Lipinski definition) is 42. The van der Waals surface area contributed by atoms with E-state index in [4.69, 9.17) is 44.3 Å². The Balaban J connectivity index is 0.000000192. The van der Waals surface area contributed by atoms with Gasteiger partial charge in [0.05, 0.1) is 115 Å². The van der Waals surface area contributed by atoms with Crippen molar-refractivity contribution in [3.8, 4) is 34.3 Å². The molecular formula is C89H89Cl2N19O21S7. The number of carbonyl (C=O) groups excluding carboxylic acids is 6. The standard InChI is InChI=1S/C28H32N2O10S.C16H15N5OS.C12H11ClN4OS.C12H11N5O3S.C12H10N2O5S.C9H9NOS2.ClH/c1-5-37-25(31)23(26(32)38-6-2)17-29-19-9-13-21(14-10-19)41(35,36)22-15-11-20(12-16-22)30-18-24(27(33)39-7-3)28(34)40-8-4;1-20(2)11-13(15(22)14-9-6-10-23-14)16-17-18-19-21(16)12-7-4-3-5-8-12;13-9-3-1-8(2-4-9)11-16-10(18-17-11)7-19-12-14-5-6-15-12;18-17(19)9-3-1-2-8(6-9)11-15-10(20-16-11)7-21-12-13-4-5-14-12;1-19-11-8-7-10(14(15)16)12(13-11)20(17,18)9-5-3-2-4-6-9;11-7(8-2-1-4-12-8)6-9-10-3-5-13-9;/h9-18,29-30H,5-8H2,1-4H3;3-11H,1-2H3;1-4H,5-7H2,(H,14,15);1-3,6H,4-5,7H2,(H,13,14);2-8H,1H3;1-2,4H,3,5-6H2;1H/b;13-11-;;;;;. The molecule has 3 aliphatic heterocycles. The molecule has 6 aromatic carbocycles. The highest BCUT2D eigenvalue weighted by molar-refractivity contribution is 8.14. The van der Waals surface area contributed by atoms with Crippen molar-refractivity contribution in [3.63, 3.8) is 0 Å². The molecule has 40 nitrogen and oxygen atoms in total. The molecule has 9 heterocycles. The van der Waals surface area contributed by atoms with Crippen LogP contribution in [0, 0.1) is 20.2 Å². The molecule has 12 aromatic rings. The number of nitro groups is 2. The number of ether oxygens (including phenoxy) is 5. The first-order valence-electron chi connectivity index (χ1n) is 41.2. The van der Waals surface area contributed by atoms with Gasteiger partial charge in [0.15, 0.2) is 33.1 Å². The summed E-state index contributed by atoms with van der Waals surface area (Å²) in [5, 5.41) is 59.9. The van der Waals surface area contributed by atoms with Gasteiger partial charge in [-0.05, 0) is 158 Å². The lowest BCUT2D eigenvalue weighted by molar-refractivity contribution is -0.388. The number of anilines is 2. The lowest BCUT2D eigenvalue weighted by Gasteiger charge is -2.11. The van der Waals surface area contributed by atoms with Crippen molar-refractivity contribution in [1.29, 1.82) is 0 Å². The molecule has 722 valence electrons. The number of nitrogens with zero attached hydrogens (tertiary/aromatic N) is 15. The average Bonchev–Trinajstić information content (AvgIpc) is 1.39. The molecule has 0 bridgehead atoms. The molecule has 0 saturated heterocycles. The highest BCUT2D eigenvalue weighted by Crippen LogP contribution is 2.32. The van der Waals surface area contributed by atoms with Gasteiger partial charge in [0.25, 0.3) is 5.69 Å². The second-order valence-corrected chi connectivity index (χ2v) is 36.7. The quantitative estimate of drug-likeness (QED) is 0.00434. The van der Waals surface area contributed by atoms with E-state index in [1.165, 1.54) is 133 Å². The molecule has 0 spiro atoms. The van der Waals surface area contributed by atoms with Crippen LogP contribution in [-0.2, 0) is 69.3 Å². The number of carbonyl (C=O) groups is 6. The number of para-hydroxylation sites is 1. The van der Waals surface area contributed by atoms with Crippen LogP contribution >= 0.6 is 82.0 Å². The summed E-state index contributed by atoms with van der Waals surface area (Å²) in [7, 11) is -2.96. The Bertz CT molecular complexity index is 6430. The molecule has 3 aliphatic rings. The highest BCUT2D eigenvalue weighted by Gasteiger charge is 2.32. The maximum Gasteiger partial charge on any atom is 0.347 e. The number of aromatic nitrogens is 9. The number of amidine groups is 2. The number of benzene rings is 6. The lowest BCUT2D eigenvalue weighted by atomic mass is 10.1. The number of thiophene rings is 2. The van der Waals surface area contributed by atoms with Crippen LogP contribution in [0.5, 0.6) is 5.88 Å². The van der Waals surface area contributed by atoms with Crippen LogP contribution in [0.1, 0.15) is 71.1 Å². The van der Waals surface area contributed by atoms with Gasteiger partial charge in [-0.25, -0.2) is 36.0 Å². The summed E-state index contributed by atoms with van der Waals surface area (Å²) < 4.78 is 87.3. The van der Waals surface area contributed by atoms with Gasteiger partial charge in [0.2, 0.25) is 59.8 Å². The number of rotatable bonds is 33. The van der Waals surface area contributed by atoms with Gasteiger partial charge in [-0.2, -0.15) is 19.6 Å². The van der Waals surface area contributed by atoms with Crippen LogP contribution < -0.4 is 26.0 Å². The maximum absolute atomic E-state index is 13.1. The molecule has 0 amide bonds. The van der Waals surface area contributed by atoms with Crippen molar-refractivity contribution in [2.24, 2.45) is 15.0 Å². The first kappa shape index (κ1) is 107. The number of nitrogens with one attached hydrogen (secondary N) is 4. The van der Waals surface area contributed by atoms with Crippen molar-refractivity contribution < 1.29 is 88.2 Å². The fourth-order valence-electron chi connectivity index (χ4n) is 11.4. The molecule has 0 atom stereocenters. The molecule has 0 fully saturated rings. The van der Waals surface area contributed by atoms with Gasteiger partial charge in [-0.15, -0.1) is 51.9 Å². The Morgan fingerprint density at radius 1 is 0.580 bits per heavy atom. The number of esters is 4. The monoisotopic (exact) mass is 2050 g/mol. The molecule has 138 heavy (non-hydrogen) atoms. The fourth-order valence-corrected chi connectivity index (χ4v) is 17.9. The van der Waals surface area contributed by atoms with Crippen LogP contribution in [-0.4, -0.2) is 214 Å². The molecule has 6 aromatic heterocycles. The van der Waals surface area contributed by atoms with Crippen molar-refractivity contribution in [2.45, 2.75) is 65.3 Å². The average molecular weight is 2060 g/mol. The Labute approximate surface area is 822 Å². The van der Waals surface area contributed by atoms with Crippen LogP contribution in [0.4, 0.5) is 22.7 Å². The van der Waals surface area contributed by atoms with E-state index in [0.717, 1.165) is 88.4 Å². The van der Waals surface area contributed by atoms with E-state index >= 15 is 0 Å². The zero-order chi connectivity index (χ0) is 98.2. The third-order valence-corrected chi connectivity index (χ3v) is 26.1. The smallest absolute Gasteiger partial charge is 0.347 e. The Morgan fingerprint density at radius 3 is 1.54 bits per heavy atom. The van der Waals surface area contributed by atoms with E-state index in [0.29, 0.717) is 79.6 Å². The highest BCUT2D eigenvalue weighted by atomic mass is 35.5. The summed E-state index contributed by atoms with van der Waals surface area (Å²) in [5.41, 5.74) is 2.23. The van der Waals surface area contributed by atoms with Crippen molar-refractivity contribution in [1.82, 2.24) is 61.0 Å². The first-order valence-corrected chi connectivity index (χ1v) is 49.3. The second-order valence-electron chi connectivity index (χ2n) is 27.5. The summed E-state index contributed by atoms with van der Waals surface area (Å²) in [4.78, 5) is 121. The van der Waals surface area contributed by atoms with Gasteiger partial charge in [0.1, 0.15) is 0 Å². The summed E-state index contributed by atoms with van der Waals surface area (Å²) >= 11 is 13.5. The van der Waals surface area contributed by atoms with E-state index in [2.05, 4.69) is 77.0 Å². The molecule has 4 N–H and O–H groups in total. The number of sulfone groups is 2. The minimum Gasteiger partial charge on any atom is -0.481 e. The Kier molecular flexibility index (Phi) is 42.5. The number of non-ortho nitro benzene ring substituents is 1. The third kappa shape index (κ3) is 32.0. The number of allylic oxidation sites excluding steroid dienone is 1. The summed E-state index contributed by atoms with van der Waals surface area (Å²) in [5.74, 6) is 1.21. The summed E-state index contributed by atoms with van der Waals surface area (Å²) in [6.45, 7) is 10.9. The largest absolute Gasteiger partial charge is 0.481 e. The minimum absolute atomic E-state index is 0. The molecule has 0 saturated carbocycles. The topological polar surface area (TPSA) is 526 Å². The van der Waals surface area contributed by atoms with E-state index in [1.54, 1.807) is 98.5 Å². The van der Waals surface area contributed by atoms with E-state index in [-0.39, 0.29) is 87.8 Å². The normalized spacial score (nSPS) is 12.2. The van der Waals surface area contributed by atoms with Gasteiger partial charge in [-0.3, -0.25) is 44.8 Å². The predicted molar refractivity (Wildman–Crippen MR) is 527 cm³/mol.